The molecule has 0 saturated heterocycles. The van der Waals surface area contributed by atoms with Gasteiger partial charge in [-0.3, -0.25) is 5.32 Å². The fraction of sp³-hybridized carbons (Fsp3) is 0.500. The number of benzene rings is 1. The van der Waals surface area contributed by atoms with Crippen molar-refractivity contribution < 1.29 is 9.53 Å². The molecule has 0 spiro atoms. The van der Waals surface area contributed by atoms with Crippen molar-refractivity contribution in [1.29, 1.82) is 0 Å². The monoisotopic (exact) mass is 248 g/mol. The standard InChI is InChI=1S/C14H20N2O2/c1-14(2,3)18-13(17)16-12-7-5-4-6-11(12)15-10-8-9-10/h4-7,10,15H,8-9H2,1-3H3,(H,16,17). The lowest BCUT2D eigenvalue weighted by Crippen LogP contribution is -2.27. The summed E-state index contributed by atoms with van der Waals surface area (Å²) in [4.78, 5) is 11.7. The summed E-state index contributed by atoms with van der Waals surface area (Å²) in [5.74, 6) is 0. The van der Waals surface area contributed by atoms with Crippen LogP contribution in [0.1, 0.15) is 33.6 Å². The normalized spacial score (nSPS) is 15.1. The third kappa shape index (κ3) is 3.95. The molecule has 2 N–H and O–H groups in total. The Balaban J connectivity index is 2.01. The van der Waals surface area contributed by atoms with Gasteiger partial charge >= 0.3 is 6.09 Å². The summed E-state index contributed by atoms with van der Waals surface area (Å²) in [5, 5.41) is 6.16. The van der Waals surface area contributed by atoms with Crippen LogP contribution in [0.15, 0.2) is 24.3 Å². The van der Waals surface area contributed by atoms with E-state index in [2.05, 4.69) is 10.6 Å². The molecule has 2 rings (SSSR count). The Bertz CT molecular complexity index is 434. The first-order valence-corrected chi connectivity index (χ1v) is 6.29. The summed E-state index contributed by atoms with van der Waals surface area (Å²) in [6, 6.07) is 8.22. The van der Waals surface area contributed by atoms with Crippen molar-refractivity contribution in [2.45, 2.75) is 45.3 Å². The number of ether oxygens (including phenoxy) is 1. The molecule has 0 radical (unpaired) electrons. The molecule has 0 heterocycles. The van der Waals surface area contributed by atoms with Crippen LogP contribution in [0.4, 0.5) is 16.2 Å². The Morgan fingerprint density at radius 3 is 2.39 bits per heavy atom. The van der Waals surface area contributed by atoms with Crippen molar-refractivity contribution in [1.82, 2.24) is 0 Å². The van der Waals surface area contributed by atoms with Gasteiger partial charge in [0.1, 0.15) is 5.60 Å². The highest BCUT2D eigenvalue weighted by molar-refractivity contribution is 5.89. The summed E-state index contributed by atoms with van der Waals surface area (Å²) in [5.41, 5.74) is 1.23. The summed E-state index contributed by atoms with van der Waals surface area (Å²) in [6.07, 6.45) is 1.97. The first-order chi connectivity index (χ1) is 8.44. The maximum absolute atomic E-state index is 11.7. The molecule has 1 aromatic rings. The van der Waals surface area contributed by atoms with Crippen LogP contribution in [0.5, 0.6) is 0 Å². The SMILES string of the molecule is CC(C)(C)OC(=O)Nc1ccccc1NC1CC1. The van der Waals surface area contributed by atoms with Crippen molar-refractivity contribution in [2.24, 2.45) is 0 Å². The van der Waals surface area contributed by atoms with E-state index in [9.17, 15) is 4.79 Å². The molecule has 1 saturated carbocycles. The second-order valence-corrected chi connectivity index (χ2v) is 5.59. The van der Waals surface area contributed by atoms with E-state index < -0.39 is 11.7 Å². The minimum atomic E-state index is -0.483. The Labute approximate surface area is 108 Å². The second-order valence-electron chi connectivity index (χ2n) is 5.59. The predicted molar refractivity (Wildman–Crippen MR) is 72.9 cm³/mol. The second kappa shape index (κ2) is 4.88. The van der Waals surface area contributed by atoms with Gasteiger partial charge in [0, 0.05) is 6.04 Å². The molecule has 98 valence electrons. The van der Waals surface area contributed by atoms with Crippen LogP contribution in [0.25, 0.3) is 0 Å². The van der Waals surface area contributed by atoms with Crippen molar-refractivity contribution in [3.63, 3.8) is 0 Å². The number of carbonyl (C=O) groups is 1. The van der Waals surface area contributed by atoms with E-state index in [1.54, 1.807) is 0 Å². The number of hydrogen-bond acceptors (Lipinski definition) is 3. The molecule has 0 unspecified atom stereocenters. The van der Waals surface area contributed by atoms with Crippen molar-refractivity contribution in [2.75, 3.05) is 10.6 Å². The van der Waals surface area contributed by atoms with E-state index in [-0.39, 0.29) is 0 Å². The Hall–Kier alpha value is -1.71. The van der Waals surface area contributed by atoms with Crippen LogP contribution in [0.2, 0.25) is 0 Å². The van der Waals surface area contributed by atoms with Crippen molar-refractivity contribution in [3.8, 4) is 0 Å². The molecule has 4 heteroatoms. The van der Waals surface area contributed by atoms with E-state index in [4.69, 9.17) is 4.74 Å². The highest BCUT2D eigenvalue weighted by Gasteiger charge is 2.22. The van der Waals surface area contributed by atoms with Crippen LogP contribution >= 0.6 is 0 Å². The van der Waals surface area contributed by atoms with E-state index >= 15 is 0 Å². The van der Waals surface area contributed by atoms with Crippen LogP contribution in [0, 0.1) is 0 Å². The van der Waals surface area contributed by atoms with E-state index in [1.807, 2.05) is 45.0 Å². The fourth-order valence-corrected chi connectivity index (χ4v) is 1.58. The molecular formula is C14H20N2O2. The molecule has 1 aliphatic rings. The third-order valence-corrected chi connectivity index (χ3v) is 2.50. The van der Waals surface area contributed by atoms with Gasteiger partial charge in [-0.25, -0.2) is 4.79 Å². The lowest BCUT2D eigenvalue weighted by Gasteiger charge is -2.20. The van der Waals surface area contributed by atoms with E-state index in [0.717, 1.165) is 11.4 Å². The largest absolute Gasteiger partial charge is 0.444 e. The Kier molecular flexibility index (Phi) is 3.45. The van der Waals surface area contributed by atoms with Gasteiger partial charge in [-0.15, -0.1) is 0 Å². The highest BCUT2D eigenvalue weighted by Crippen LogP contribution is 2.29. The number of anilines is 2. The summed E-state index contributed by atoms with van der Waals surface area (Å²) in [7, 11) is 0. The topological polar surface area (TPSA) is 50.4 Å². The average Bonchev–Trinajstić information content (AvgIpc) is 3.02. The average molecular weight is 248 g/mol. The molecular weight excluding hydrogens is 228 g/mol. The zero-order chi connectivity index (χ0) is 13.2. The molecule has 18 heavy (non-hydrogen) atoms. The first-order valence-electron chi connectivity index (χ1n) is 6.29. The predicted octanol–water partition coefficient (Wildman–Crippen LogP) is 3.61. The molecule has 0 aromatic heterocycles. The van der Waals surface area contributed by atoms with Crippen LogP contribution in [-0.2, 0) is 4.74 Å². The van der Waals surface area contributed by atoms with Gasteiger partial charge < -0.3 is 10.1 Å². The number of nitrogens with one attached hydrogen (secondary N) is 2. The van der Waals surface area contributed by atoms with Gasteiger partial charge in [0.15, 0.2) is 0 Å². The quantitative estimate of drug-likeness (QED) is 0.859. The number of hydrogen-bond donors (Lipinski definition) is 2. The Morgan fingerprint density at radius 2 is 1.83 bits per heavy atom. The lowest BCUT2D eigenvalue weighted by molar-refractivity contribution is 0.0636. The summed E-state index contributed by atoms with van der Waals surface area (Å²) in [6.45, 7) is 5.54. The minimum absolute atomic E-state index is 0.424. The maximum atomic E-state index is 11.7. The summed E-state index contributed by atoms with van der Waals surface area (Å²) >= 11 is 0. The van der Waals surface area contributed by atoms with Crippen LogP contribution in [0.3, 0.4) is 0 Å². The number of para-hydroxylation sites is 2. The molecule has 1 aliphatic carbocycles. The maximum Gasteiger partial charge on any atom is 0.412 e. The van der Waals surface area contributed by atoms with Crippen LogP contribution < -0.4 is 10.6 Å². The van der Waals surface area contributed by atoms with Gasteiger partial charge in [0.25, 0.3) is 0 Å². The zero-order valence-corrected chi connectivity index (χ0v) is 11.1. The van der Waals surface area contributed by atoms with E-state index in [1.165, 1.54) is 12.8 Å². The third-order valence-electron chi connectivity index (χ3n) is 2.50. The van der Waals surface area contributed by atoms with Crippen LogP contribution in [-0.4, -0.2) is 17.7 Å². The van der Waals surface area contributed by atoms with Gasteiger partial charge in [0.05, 0.1) is 11.4 Å². The van der Waals surface area contributed by atoms with Gasteiger partial charge in [-0.05, 0) is 45.7 Å². The zero-order valence-electron chi connectivity index (χ0n) is 11.1. The van der Waals surface area contributed by atoms with E-state index in [0.29, 0.717) is 6.04 Å². The molecule has 1 aromatic carbocycles. The minimum Gasteiger partial charge on any atom is -0.444 e. The molecule has 0 aliphatic heterocycles. The van der Waals surface area contributed by atoms with Gasteiger partial charge in [0.2, 0.25) is 0 Å². The fourth-order valence-electron chi connectivity index (χ4n) is 1.58. The molecule has 0 bridgehead atoms. The number of carbonyl (C=O) groups excluding carboxylic acids is 1. The summed E-state index contributed by atoms with van der Waals surface area (Å²) < 4.78 is 5.24. The lowest BCUT2D eigenvalue weighted by atomic mass is 10.2. The van der Waals surface area contributed by atoms with Gasteiger partial charge in [-0.1, -0.05) is 12.1 Å². The molecule has 0 atom stereocenters. The Morgan fingerprint density at radius 1 is 1.22 bits per heavy atom. The molecule has 1 amide bonds. The number of amides is 1. The van der Waals surface area contributed by atoms with Crippen molar-refractivity contribution >= 4 is 17.5 Å². The first kappa shape index (κ1) is 12.7. The molecule has 4 nitrogen and oxygen atoms in total. The number of rotatable bonds is 3. The van der Waals surface area contributed by atoms with Gasteiger partial charge in [-0.2, -0.15) is 0 Å². The smallest absolute Gasteiger partial charge is 0.412 e. The highest BCUT2D eigenvalue weighted by atomic mass is 16.6. The molecule has 1 fully saturated rings. The van der Waals surface area contributed by atoms with Crippen molar-refractivity contribution in [3.05, 3.63) is 24.3 Å².